The second-order valence-electron chi connectivity index (χ2n) is 6.80. The lowest BCUT2D eigenvalue weighted by molar-refractivity contribution is -0.121. The number of anilines is 1. The third-order valence-electron chi connectivity index (χ3n) is 4.85. The molecule has 0 aliphatic carbocycles. The summed E-state index contributed by atoms with van der Waals surface area (Å²) in [6.07, 6.45) is 1.73. The molecule has 148 valence electrons. The van der Waals surface area contributed by atoms with Gasteiger partial charge in [-0.25, -0.2) is 0 Å². The molecule has 0 spiro atoms. The maximum Gasteiger partial charge on any atom is 0.270 e. The van der Waals surface area contributed by atoms with Crippen molar-refractivity contribution in [2.24, 2.45) is 7.05 Å². The minimum absolute atomic E-state index is 0.0718. The molecule has 1 aliphatic heterocycles. The fourth-order valence-corrected chi connectivity index (χ4v) is 4.44. The number of nitrogens with zero attached hydrogens (tertiary/aromatic N) is 4. The summed E-state index contributed by atoms with van der Waals surface area (Å²) in [5, 5.41) is 9.51. The van der Waals surface area contributed by atoms with Crippen molar-refractivity contribution in [2.45, 2.75) is 13.5 Å². The molecule has 0 unspecified atom stereocenters. The molecule has 2 aromatic rings. The van der Waals surface area contributed by atoms with Crippen molar-refractivity contribution in [3.8, 4) is 6.07 Å². The molecule has 1 amide bonds. The monoisotopic (exact) mass is 424 g/mol. The second kappa shape index (κ2) is 8.23. The van der Waals surface area contributed by atoms with Crippen molar-refractivity contribution >= 4 is 46.1 Å². The molecule has 1 aromatic carbocycles. The van der Waals surface area contributed by atoms with Gasteiger partial charge in [-0.05, 0) is 24.1 Å². The van der Waals surface area contributed by atoms with E-state index in [1.54, 1.807) is 27.1 Å². The van der Waals surface area contributed by atoms with Crippen LogP contribution in [0.25, 0.3) is 6.08 Å². The Morgan fingerprint density at radius 2 is 1.90 bits per heavy atom. The summed E-state index contributed by atoms with van der Waals surface area (Å²) in [6.45, 7) is 2.30. The SMILES string of the molecule is Cc1c(C=C2SC(=S)N(C)C2=O)c(N(C)Cc2ccccc2)n(C)c(=O)c1C#N. The van der Waals surface area contributed by atoms with Crippen LogP contribution >= 0.6 is 24.0 Å². The highest BCUT2D eigenvalue weighted by molar-refractivity contribution is 8.26. The van der Waals surface area contributed by atoms with E-state index in [2.05, 4.69) is 0 Å². The standard InChI is InChI=1S/C21H20N4O2S2/c1-13-15(10-17-20(27)25(4)21(28)29-17)18(24(3)19(26)16(13)11-22)23(2)12-14-8-6-5-7-9-14/h5-10H,12H2,1-4H3. The Morgan fingerprint density at radius 3 is 2.45 bits per heavy atom. The number of likely N-dealkylation sites (N-methyl/N-ethyl adjacent to an activating group) is 1. The van der Waals surface area contributed by atoms with Crippen LogP contribution in [0.1, 0.15) is 22.3 Å². The van der Waals surface area contributed by atoms with Crippen molar-refractivity contribution in [1.82, 2.24) is 9.47 Å². The topological polar surface area (TPSA) is 69.3 Å². The zero-order valence-electron chi connectivity index (χ0n) is 16.6. The lowest BCUT2D eigenvalue weighted by atomic mass is 10.0. The number of carbonyl (C=O) groups excluding carboxylic acids is 1. The summed E-state index contributed by atoms with van der Waals surface area (Å²) in [5.74, 6) is 0.445. The lowest BCUT2D eigenvalue weighted by Gasteiger charge is -2.26. The van der Waals surface area contributed by atoms with E-state index in [9.17, 15) is 14.9 Å². The highest BCUT2D eigenvalue weighted by Crippen LogP contribution is 2.34. The Morgan fingerprint density at radius 1 is 1.24 bits per heavy atom. The van der Waals surface area contributed by atoms with Gasteiger partial charge in [0, 0.05) is 33.3 Å². The van der Waals surface area contributed by atoms with Crippen molar-refractivity contribution in [3.05, 3.63) is 67.8 Å². The van der Waals surface area contributed by atoms with Crippen LogP contribution in [0.2, 0.25) is 0 Å². The van der Waals surface area contributed by atoms with Gasteiger partial charge < -0.3 is 4.90 Å². The van der Waals surface area contributed by atoms with Gasteiger partial charge >= 0.3 is 0 Å². The van der Waals surface area contributed by atoms with E-state index in [-0.39, 0.29) is 17.0 Å². The normalized spacial score (nSPS) is 15.1. The molecule has 1 fully saturated rings. The average molecular weight is 425 g/mol. The fraction of sp³-hybridized carbons (Fsp3) is 0.238. The summed E-state index contributed by atoms with van der Waals surface area (Å²) >= 11 is 6.43. The van der Waals surface area contributed by atoms with Crippen LogP contribution in [0, 0.1) is 18.3 Å². The molecule has 0 N–H and O–H groups in total. The number of aromatic nitrogens is 1. The van der Waals surface area contributed by atoms with Gasteiger partial charge in [-0.3, -0.25) is 19.1 Å². The average Bonchev–Trinajstić information content (AvgIpc) is 2.94. The number of carbonyl (C=O) groups is 1. The van der Waals surface area contributed by atoms with Gasteiger partial charge in [0.1, 0.15) is 21.8 Å². The molecule has 6 nitrogen and oxygen atoms in total. The van der Waals surface area contributed by atoms with Gasteiger partial charge in [0.05, 0.1) is 4.91 Å². The van der Waals surface area contributed by atoms with Gasteiger partial charge in [0.25, 0.3) is 11.5 Å². The van der Waals surface area contributed by atoms with E-state index in [1.807, 2.05) is 48.3 Å². The van der Waals surface area contributed by atoms with Crippen LogP contribution in [-0.4, -0.2) is 33.8 Å². The van der Waals surface area contributed by atoms with Crippen LogP contribution in [0.5, 0.6) is 0 Å². The summed E-state index contributed by atoms with van der Waals surface area (Å²) in [6, 6.07) is 11.9. The summed E-state index contributed by atoms with van der Waals surface area (Å²) in [5.41, 5.74) is 2.00. The van der Waals surface area contributed by atoms with Gasteiger partial charge in [-0.2, -0.15) is 5.26 Å². The zero-order chi connectivity index (χ0) is 21.3. The first-order valence-electron chi connectivity index (χ1n) is 8.86. The summed E-state index contributed by atoms with van der Waals surface area (Å²) in [4.78, 5) is 29.1. The van der Waals surface area contributed by atoms with E-state index < -0.39 is 0 Å². The Bertz CT molecular complexity index is 1130. The van der Waals surface area contributed by atoms with Crippen molar-refractivity contribution in [3.63, 3.8) is 0 Å². The highest BCUT2D eigenvalue weighted by atomic mass is 32.2. The molecule has 1 saturated heterocycles. The number of amides is 1. The quantitative estimate of drug-likeness (QED) is 0.555. The largest absolute Gasteiger partial charge is 0.356 e. The molecule has 3 rings (SSSR count). The maximum absolute atomic E-state index is 12.7. The minimum Gasteiger partial charge on any atom is -0.356 e. The van der Waals surface area contributed by atoms with Gasteiger partial charge in [0.2, 0.25) is 0 Å². The Hall–Kier alpha value is -2.89. The van der Waals surface area contributed by atoms with Crippen LogP contribution < -0.4 is 10.5 Å². The number of rotatable bonds is 4. The number of thioether (sulfide) groups is 1. The van der Waals surface area contributed by atoms with E-state index in [1.165, 1.54) is 21.2 Å². The predicted octanol–water partition coefficient (Wildman–Crippen LogP) is 3.03. The zero-order valence-corrected chi connectivity index (χ0v) is 18.2. The first-order valence-corrected chi connectivity index (χ1v) is 10.1. The number of pyridine rings is 1. The first kappa shape index (κ1) is 20.8. The highest BCUT2D eigenvalue weighted by Gasteiger charge is 2.30. The van der Waals surface area contributed by atoms with Crippen LogP contribution in [0.3, 0.4) is 0 Å². The molecule has 2 heterocycles. The number of thiocarbonyl (C=S) groups is 1. The maximum atomic E-state index is 12.7. The van der Waals surface area contributed by atoms with Gasteiger partial charge in [-0.1, -0.05) is 54.3 Å². The number of hydrogen-bond acceptors (Lipinski definition) is 6. The molecule has 1 aliphatic rings. The van der Waals surface area contributed by atoms with Crippen molar-refractivity contribution in [2.75, 3.05) is 19.0 Å². The molecule has 0 bridgehead atoms. The number of nitriles is 1. The molecule has 0 saturated carbocycles. The van der Waals surface area contributed by atoms with Crippen LogP contribution in [0.15, 0.2) is 40.0 Å². The Kier molecular flexibility index (Phi) is 5.91. The summed E-state index contributed by atoms with van der Waals surface area (Å²) < 4.78 is 1.94. The molecular formula is C21H20N4O2S2. The van der Waals surface area contributed by atoms with Gasteiger partial charge in [0.15, 0.2) is 0 Å². The molecule has 8 heteroatoms. The van der Waals surface area contributed by atoms with Gasteiger partial charge in [-0.15, -0.1) is 0 Å². The molecule has 0 atom stereocenters. The second-order valence-corrected chi connectivity index (χ2v) is 8.47. The van der Waals surface area contributed by atoms with E-state index in [4.69, 9.17) is 12.2 Å². The minimum atomic E-state index is -0.361. The van der Waals surface area contributed by atoms with Crippen LogP contribution in [0.4, 0.5) is 5.82 Å². The smallest absolute Gasteiger partial charge is 0.270 e. The molecular weight excluding hydrogens is 404 g/mol. The van der Waals surface area contributed by atoms with Crippen molar-refractivity contribution in [1.29, 1.82) is 5.26 Å². The summed E-state index contributed by atoms with van der Waals surface area (Å²) in [7, 11) is 5.16. The number of hydrogen-bond donors (Lipinski definition) is 0. The van der Waals surface area contributed by atoms with E-state index in [0.29, 0.717) is 32.7 Å². The molecule has 1 aromatic heterocycles. The lowest BCUT2D eigenvalue weighted by Crippen LogP contribution is -2.30. The Balaban J connectivity index is 2.20. The fourth-order valence-electron chi connectivity index (χ4n) is 3.28. The van der Waals surface area contributed by atoms with E-state index >= 15 is 0 Å². The predicted molar refractivity (Wildman–Crippen MR) is 121 cm³/mol. The van der Waals surface area contributed by atoms with E-state index in [0.717, 1.165) is 5.56 Å². The van der Waals surface area contributed by atoms with Crippen molar-refractivity contribution < 1.29 is 4.79 Å². The Labute approximate surface area is 179 Å². The first-order chi connectivity index (χ1) is 13.8. The molecule has 29 heavy (non-hydrogen) atoms. The van der Waals surface area contributed by atoms with Crippen LogP contribution in [-0.2, 0) is 18.4 Å². The number of benzene rings is 1. The molecule has 0 radical (unpaired) electrons. The third kappa shape index (κ3) is 3.84. The third-order valence-corrected chi connectivity index (χ3v) is 6.34.